The largest absolute Gasteiger partial charge is 0.397 e. The van der Waals surface area contributed by atoms with Gasteiger partial charge in [-0.3, -0.25) is 4.98 Å². The van der Waals surface area contributed by atoms with Crippen molar-refractivity contribution in [2.24, 2.45) is 0 Å². The average Bonchev–Trinajstić information content (AvgIpc) is 2.24. The Morgan fingerprint density at radius 3 is 2.62 bits per heavy atom. The van der Waals surface area contributed by atoms with Gasteiger partial charge in [-0.05, 0) is 18.2 Å². The van der Waals surface area contributed by atoms with Crippen LogP contribution in [0.25, 0.3) is 11.1 Å². The second-order valence-corrected chi connectivity index (χ2v) is 3.61. The lowest BCUT2D eigenvalue weighted by atomic mass is 10.0. The number of nitrogens with two attached hydrogens (primary N) is 1. The number of aromatic nitrogens is 1. The first kappa shape index (κ1) is 10.8. The molecule has 0 saturated heterocycles. The maximum absolute atomic E-state index is 13.4. The van der Waals surface area contributed by atoms with Gasteiger partial charge in [0.25, 0.3) is 0 Å². The van der Waals surface area contributed by atoms with Crippen molar-refractivity contribution in [2.45, 2.75) is 0 Å². The van der Waals surface area contributed by atoms with E-state index in [2.05, 4.69) is 4.98 Å². The second kappa shape index (κ2) is 4.06. The molecule has 0 saturated carbocycles. The van der Waals surface area contributed by atoms with E-state index in [-0.39, 0.29) is 21.8 Å². The summed E-state index contributed by atoms with van der Waals surface area (Å²) >= 11 is 5.72. The van der Waals surface area contributed by atoms with Gasteiger partial charge < -0.3 is 5.73 Å². The van der Waals surface area contributed by atoms with Gasteiger partial charge in [0.05, 0.1) is 16.9 Å². The van der Waals surface area contributed by atoms with Crippen LogP contribution in [0.15, 0.2) is 30.6 Å². The highest BCUT2D eigenvalue weighted by atomic mass is 35.5. The molecule has 2 nitrogen and oxygen atoms in total. The Morgan fingerprint density at radius 2 is 1.94 bits per heavy atom. The molecule has 1 aromatic carbocycles. The van der Waals surface area contributed by atoms with Crippen LogP contribution >= 0.6 is 11.6 Å². The zero-order chi connectivity index (χ0) is 11.7. The Hall–Kier alpha value is -1.68. The fourth-order valence-corrected chi connectivity index (χ4v) is 1.61. The molecule has 16 heavy (non-hydrogen) atoms. The fraction of sp³-hybridized carbons (Fsp3) is 0. The highest BCUT2D eigenvalue weighted by Crippen LogP contribution is 2.33. The molecule has 0 aliphatic rings. The summed E-state index contributed by atoms with van der Waals surface area (Å²) in [7, 11) is 0. The molecule has 0 unspecified atom stereocenters. The summed E-state index contributed by atoms with van der Waals surface area (Å²) in [4.78, 5) is 3.60. The van der Waals surface area contributed by atoms with E-state index in [1.54, 1.807) is 0 Å². The van der Waals surface area contributed by atoms with Crippen molar-refractivity contribution in [3.05, 3.63) is 47.2 Å². The van der Waals surface area contributed by atoms with Crippen LogP contribution < -0.4 is 5.73 Å². The number of hydrogen-bond acceptors (Lipinski definition) is 2. The van der Waals surface area contributed by atoms with E-state index in [0.29, 0.717) is 0 Å². The molecule has 82 valence electrons. The molecule has 5 heteroatoms. The van der Waals surface area contributed by atoms with Crippen LogP contribution in [0.5, 0.6) is 0 Å². The number of benzene rings is 1. The molecule has 1 heterocycles. The highest BCUT2D eigenvalue weighted by Gasteiger charge is 2.12. The van der Waals surface area contributed by atoms with Crippen LogP contribution in [-0.4, -0.2) is 4.98 Å². The number of rotatable bonds is 1. The van der Waals surface area contributed by atoms with Gasteiger partial charge in [0, 0.05) is 17.3 Å². The van der Waals surface area contributed by atoms with E-state index in [1.807, 2.05) is 0 Å². The first-order valence-electron chi connectivity index (χ1n) is 4.44. The molecular weight excluding hydrogens is 234 g/mol. The minimum absolute atomic E-state index is 0.0613. The van der Waals surface area contributed by atoms with Crippen molar-refractivity contribution < 1.29 is 8.78 Å². The number of nitrogens with zero attached hydrogens (tertiary/aromatic N) is 1. The summed E-state index contributed by atoms with van der Waals surface area (Å²) in [6, 6.07) is 3.63. The quantitative estimate of drug-likeness (QED) is 0.777. The zero-order valence-corrected chi connectivity index (χ0v) is 8.80. The lowest BCUT2D eigenvalue weighted by Crippen LogP contribution is -1.95. The molecule has 1 aromatic heterocycles. The Bertz CT molecular complexity index is 544. The smallest absolute Gasteiger partial charge is 0.149 e. The topological polar surface area (TPSA) is 38.9 Å². The fourth-order valence-electron chi connectivity index (χ4n) is 1.40. The second-order valence-electron chi connectivity index (χ2n) is 3.20. The number of nitrogen functional groups attached to an aromatic ring is 1. The standard InChI is InChI=1S/C11H7ClF2N2/c12-9-4-6(13)3-8(11(9)15)7-1-2-16-5-10(7)14/h1-5H,15H2. The monoisotopic (exact) mass is 240 g/mol. The van der Waals surface area contributed by atoms with Gasteiger partial charge in [0.15, 0.2) is 0 Å². The Kier molecular flexibility index (Phi) is 2.75. The minimum atomic E-state index is -0.573. The van der Waals surface area contributed by atoms with Crippen molar-refractivity contribution in [2.75, 3.05) is 5.73 Å². The average molecular weight is 241 g/mol. The van der Waals surface area contributed by atoms with Crippen LogP contribution in [0.3, 0.4) is 0 Å². The molecule has 2 aromatic rings. The summed E-state index contributed by atoms with van der Waals surface area (Å²) < 4.78 is 26.6. The predicted molar refractivity (Wildman–Crippen MR) is 59.0 cm³/mol. The zero-order valence-electron chi connectivity index (χ0n) is 8.05. The highest BCUT2D eigenvalue weighted by molar-refractivity contribution is 6.33. The van der Waals surface area contributed by atoms with E-state index in [0.717, 1.165) is 18.3 Å². The van der Waals surface area contributed by atoms with E-state index in [9.17, 15) is 8.78 Å². The summed E-state index contributed by atoms with van der Waals surface area (Å²) in [5.74, 6) is -1.14. The maximum Gasteiger partial charge on any atom is 0.149 e. The van der Waals surface area contributed by atoms with Crippen LogP contribution in [0.4, 0.5) is 14.5 Å². The number of anilines is 1. The van der Waals surface area contributed by atoms with Crippen molar-refractivity contribution >= 4 is 17.3 Å². The molecular formula is C11H7ClF2N2. The molecule has 0 amide bonds. The molecule has 0 spiro atoms. The summed E-state index contributed by atoms with van der Waals surface area (Å²) in [5.41, 5.74) is 6.21. The Balaban J connectivity index is 2.69. The third-order valence-corrected chi connectivity index (χ3v) is 2.47. The molecule has 0 aliphatic heterocycles. The van der Waals surface area contributed by atoms with Crippen LogP contribution in [0.1, 0.15) is 0 Å². The van der Waals surface area contributed by atoms with Gasteiger partial charge in [0.1, 0.15) is 11.6 Å². The SMILES string of the molecule is Nc1c(Cl)cc(F)cc1-c1ccncc1F. The van der Waals surface area contributed by atoms with E-state index < -0.39 is 11.6 Å². The van der Waals surface area contributed by atoms with Gasteiger partial charge in [-0.15, -0.1) is 0 Å². The van der Waals surface area contributed by atoms with Gasteiger partial charge in [0.2, 0.25) is 0 Å². The van der Waals surface area contributed by atoms with E-state index >= 15 is 0 Å². The minimum Gasteiger partial charge on any atom is -0.397 e. The van der Waals surface area contributed by atoms with Crippen LogP contribution in [0.2, 0.25) is 5.02 Å². The predicted octanol–water partition coefficient (Wildman–Crippen LogP) is 3.26. The molecule has 0 radical (unpaired) electrons. The first-order chi connectivity index (χ1) is 7.59. The van der Waals surface area contributed by atoms with Crippen molar-refractivity contribution in [3.63, 3.8) is 0 Å². The molecule has 0 fully saturated rings. The van der Waals surface area contributed by atoms with Gasteiger partial charge >= 0.3 is 0 Å². The van der Waals surface area contributed by atoms with Crippen molar-refractivity contribution in [3.8, 4) is 11.1 Å². The lowest BCUT2D eigenvalue weighted by Gasteiger charge is -2.08. The van der Waals surface area contributed by atoms with Crippen LogP contribution in [-0.2, 0) is 0 Å². The van der Waals surface area contributed by atoms with Gasteiger partial charge in [-0.1, -0.05) is 11.6 Å². The number of pyridine rings is 1. The lowest BCUT2D eigenvalue weighted by molar-refractivity contribution is 0.621. The third-order valence-electron chi connectivity index (χ3n) is 2.16. The summed E-state index contributed by atoms with van der Waals surface area (Å²) in [5, 5.41) is 0.0613. The Morgan fingerprint density at radius 1 is 1.19 bits per heavy atom. The van der Waals surface area contributed by atoms with Gasteiger partial charge in [-0.2, -0.15) is 0 Å². The molecule has 0 aliphatic carbocycles. The number of hydrogen-bond donors (Lipinski definition) is 1. The third kappa shape index (κ3) is 1.84. The summed E-state index contributed by atoms with van der Waals surface area (Å²) in [6.45, 7) is 0. The van der Waals surface area contributed by atoms with Gasteiger partial charge in [-0.25, -0.2) is 8.78 Å². The molecule has 2 rings (SSSR count). The van der Waals surface area contributed by atoms with Crippen molar-refractivity contribution in [1.82, 2.24) is 4.98 Å². The maximum atomic E-state index is 13.4. The molecule has 2 N–H and O–H groups in total. The van der Waals surface area contributed by atoms with E-state index in [4.69, 9.17) is 17.3 Å². The first-order valence-corrected chi connectivity index (χ1v) is 4.82. The van der Waals surface area contributed by atoms with Crippen LogP contribution in [0, 0.1) is 11.6 Å². The van der Waals surface area contributed by atoms with E-state index in [1.165, 1.54) is 12.3 Å². The summed E-state index contributed by atoms with van der Waals surface area (Å²) in [6.07, 6.45) is 2.43. The molecule has 0 bridgehead atoms. The molecule has 0 atom stereocenters. The van der Waals surface area contributed by atoms with Crippen molar-refractivity contribution in [1.29, 1.82) is 0 Å². The number of halogens is 3. The normalized spacial score (nSPS) is 10.4. The Labute approximate surface area is 95.7 Å².